The molecule has 0 spiro atoms. The molecule has 1 aliphatic rings. The Bertz CT molecular complexity index is 865. The van der Waals surface area contributed by atoms with E-state index in [4.69, 9.17) is 14.2 Å². The number of unbranched alkanes of at least 4 members (excludes halogenated alkanes) is 11. The van der Waals surface area contributed by atoms with E-state index >= 15 is 0 Å². The second-order valence-corrected chi connectivity index (χ2v) is 10.5. The molecule has 206 valence electrons. The van der Waals surface area contributed by atoms with Gasteiger partial charge in [-0.25, -0.2) is 4.39 Å². The van der Waals surface area contributed by atoms with Crippen LogP contribution >= 0.6 is 0 Å². The molecule has 0 amide bonds. The third-order valence-corrected chi connectivity index (χ3v) is 7.22. The number of ether oxygens (including phenoxy) is 3. The van der Waals surface area contributed by atoms with Gasteiger partial charge in [-0.05, 0) is 37.1 Å². The van der Waals surface area contributed by atoms with Crippen LogP contribution in [0.4, 0.5) is 4.39 Å². The van der Waals surface area contributed by atoms with Gasteiger partial charge in [-0.1, -0.05) is 97.0 Å². The normalized spacial score (nSPS) is 17.7. The lowest BCUT2D eigenvalue weighted by atomic mass is 10.0. The third kappa shape index (κ3) is 10.7. The van der Waals surface area contributed by atoms with Gasteiger partial charge < -0.3 is 14.2 Å². The van der Waals surface area contributed by atoms with Crippen LogP contribution in [-0.4, -0.2) is 24.8 Å². The monoisotopic (exact) mass is 513 g/mol. The number of aromatic nitrogens is 1. The lowest BCUT2D eigenvalue weighted by Crippen LogP contribution is -2.27. The number of hydrogen-bond donors (Lipinski definition) is 0. The smallest absolute Gasteiger partial charge is 0.185 e. The zero-order chi connectivity index (χ0) is 26.1. The van der Waals surface area contributed by atoms with Crippen LogP contribution in [0, 0.1) is 11.7 Å². The summed E-state index contributed by atoms with van der Waals surface area (Å²) >= 11 is 0. The Balaban J connectivity index is 1.37. The first-order chi connectivity index (χ1) is 18.2. The lowest BCUT2D eigenvalue weighted by molar-refractivity contribution is -0.206. The Morgan fingerprint density at radius 2 is 1.46 bits per heavy atom. The molecular formula is C32H48FNO3. The van der Waals surface area contributed by atoms with Crippen LogP contribution in [0.15, 0.2) is 36.5 Å². The molecule has 0 radical (unpaired) electrons. The van der Waals surface area contributed by atoms with E-state index in [0.717, 1.165) is 42.9 Å². The molecule has 1 saturated heterocycles. The second kappa shape index (κ2) is 17.5. The molecule has 1 aromatic heterocycles. The van der Waals surface area contributed by atoms with Crippen LogP contribution in [0.25, 0.3) is 11.3 Å². The van der Waals surface area contributed by atoms with E-state index in [1.165, 1.54) is 83.1 Å². The first-order valence-corrected chi connectivity index (χ1v) is 14.8. The first kappa shape index (κ1) is 29.6. The summed E-state index contributed by atoms with van der Waals surface area (Å²) in [7, 11) is 0. The van der Waals surface area contributed by atoms with Crippen molar-refractivity contribution in [1.29, 1.82) is 0 Å². The fourth-order valence-electron chi connectivity index (χ4n) is 4.85. The van der Waals surface area contributed by atoms with E-state index in [1.54, 1.807) is 12.3 Å². The highest BCUT2D eigenvalue weighted by Crippen LogP contribution is 2.29. The van der Waals surface area contributed by atoms with Gasteiger partial charge in [-0.15, -0.1) is 0 Å². The van der Waals surface area contributed by atoms with Gasteiger partial charge in [-0.3, -0.25) is 4.98 Å². The van der Waals surface area contributed by atoms with Crippen molar-refractivity contribution in [2.75, 3.05) is 19.8 Å². The van der Waals surface area contributed by atoms with E-state index in [9.17, 15) is 4.39 Å². The standard InChI is InChI=1S/C32H48FNO3/c1-3-5-7-9-11-12-14-16-26-24-36-32(37-25-26)28-17-19-30(34-23-28)27-18-20-31(29(33)22-27)35-21-15-13-10-8-6-4-2/h17-20,22-23,26,32H,3-16,21,24-25H2,1-2H3/t26-,32-. The molecule has 1 aromatic carbocycles. The molecule has 0 unspecified atom stereocenters. The van der Waals surface area contributed by atoms with Crippen molar-refractivity contribution in [2.24, 2.45) is 5.92 Å². The molecule has 1 aliphatic heterocycles. The summed E-state index contributed by atoms with van der Waals surface area (Å²) in [6.45, 7) is 6.48. The summed E-state index contributed by atoms with van der Waals surface area (Å²) in [5.74, 6) is 0.438. The van der Waals surface area contributed by atoms with E-state index in [1.807, 2.05) is 18.2 Å². The Morgan fingerprint density at radius 3 is 2.08 bits per heavy atom. The van der Waals surface area contributed by atoms with Gasteiger partial charge in [-0.2, -0.15) is 0 Å². The minimum atomic E-state index is -0.374. The number of pyridine rings is 1. The van der Waals surface area contributed by atoms with Gasteiger partial charge in [0, 0.05) is 23.2 Å². The highest BCUT2D eigenvalue weighted by molar-refractivity contribution is 5.60. The first-order valence-electron chi connectivity index (χ1n) is 14.8. The molecule has 1 fully saturated rings. The number of halogens is 1. The number of benzene rings is 1. The fourth-order valence-corrected chi connectivity index (χ4v) is 4.85. The zero-order valence-electron chi connectivity index (χ0n) is 23.2. The molecule has 4 nitrogen and oxygen atoms in total. The quantitative estimate of drug-likeness (QED) is 0.186. The average molecular weight is 514 g/mol. The van der Waals surface area contributed by atoms with Gasteiger partial charge in [0.1, 0.15) is 0 Å². The molecular weight excluding hydrogens is 465 g/mol. The third-order valence-electron chi connectivity index (χ3n) is 7.22. The highest BCUT2D eigenvalue weighted by atomic mass is 19.1. The SMILES string of the molecule is CCCCCCCCC[C@H]1CO[C@H](c2ccc(-c3ccc(OCCCCCCCC)c(F)c3)nc2)OC1. The Morgan fingerprint density at radius 1 is 0.811 bits per heavy atom. The Hall–Kier alpha value is -1.98. The van der Waals surface area contributed by atoms with Gasteiger partial charge in [0.25, 0.3) is 0 Å². The van der Waals surface area contributed by atoms with Gasteiger partial charge in [0.05, 0.1) is 25.5 Å². The Labute approximate surface area is 224 Å². The minimum absolute atomic E-state index is 0.309. The predicted octanol–water partition coefficient (Wildman–Crippen LogP) is 9.43. The van der Waals surface area contributed by atoms with E-state index in [0.29, 0.717) is 18.3 Å². The second-order valence-electron chi connectivity index (χ2n) is 10.5. The van der Waals surface area contributed by atoms with Gasteiger partial charge in [0.2, 0.25) is 0 Å². The maximum absolute atomic E-state index is 14.6. The zero-order valence-corrected chi connectivity index (χ0v) is 23.2. The van der Waals surface area contributed by atoms with Gasteiger partial charge in [0.15, 0.2) is 17.9 Å². The van der Waals surface area contributed by atoms with Crippen molar-refractivity contribution in [2.45, 2.75) is 110 Å². The maximum atomic E-state index is 14.6. The van der Waals surface area contributed by atoms with Crippen LogP contribution in [0.1, 0.15) is 116 Å². The van der Waals surface area contributed by atoms with Crippen molar-refractivity contribution >= 4 is 0 Å². The van der Waals surface area contributed by atoms with Crippen molar-refractivity contribution < 1.29 is 18.6 Å². The summed E-state index contributed by atoms with van der Waals surface area (Å²) < 4.78 is 32.3. The van der Waals surface area contributed by atoms with Crippen molar-refractivity contribution in [1.82, 2.24) is 4.98 Å². The van der Waals surface area contributed by atoms with Crippen LogP contribution < -0.4 is 4.74 Å². The van der Waals surface area contributed by atoms with Crippen LogP contribution in [-0.2, 0) is 9.47 Å². The van der Waals surface area contributed by atoms with Crippen molar-refractivity contribution in [3.63, 3.8) is 0 Å². The highest BCUT2D eigenvalue weighted by Gasteiger charge is 2.23. The lowest BCUT2D eigenvalue weighted by Gasteiger charge is -2.29. The number of hydrogen-bond acceptors (Lipinski definition) is 4. The van der Waals surface area contributed by atoms with E-state index in [-0.39, 0.29) is 12.1 Å². The summed E-state index contributed by atoms with van der Waals surface area (Å²) in [5, 5.41) is 0. The molecule has 37 heavy (non-hydrogen) atoms. The summed E-state index contributed by atoms with van der Waals surface area (Å²) in [6, 6.07) is 8.93. The molecule has 0 N–H and O–H groups in total. The molecule has 0 saturated carbocycles. The summed E-state index contributed by atoms with van der Waals surface area (Å²) in [4.78, 5) is 4.55. The Kier molecular flexibility index (Phi) is 14.0. The molecule has 2 aromatic rings. The van der Waals surface area contributed by atoms with Crippen LogP contribution in [0.5, 0.6) is 5.75 Å². The van der Waals surface area contributed by atoms with Crippen molar-refractivity contribution in [3.8, 4) is 17.0 Å². The van der Waals surface area contributed by atoms with E-state index < -0.39 is 0 Å². The van der Waals surface area contributed by atoms with Gasteiger partial charge >= 0.3 is 0 Å². The number of rotatable bonds is 18. The van der Waals surface area contributed by atoms with E-state index in [2.05, 4.69) is 18.8 Å². The van der Waals surface area contributed by atoms with Crippen LogP contribution in [0.3, 0.4) is 0 Å². The fraction of sp³-hybridized carbons (Fsp3) is 0.656. The van der Waals surface area contributed by atoms with Crippen LogP contribution in [0.2, 0.25) is 0 Å². The molecule has 3 rings (SSSR count). The largest absolute Gasteiger partial charge is 0.491 e. The molecule has 0 aliphatic carbocycles. The predicted molar refractivity (Wildman–Crippen MR) is 149 cm³/mol. The summed E-state index contributed by atoms with van der Waals surface area (Å²) in [5.41, 5.74) is 2.35. The topological polar surface area (TPSA) is 40.6 Å². The molecule has 0 atom stereocenters. The number of nitrogens with zero attached hydrogens (tertiary/aromatic N) is 1. The van der Waals surface area contributed by atoms with Crippen molar-refractivity contribution in [3.05, 3.63) is 47.9 Å². The molecule has 5 heteroatoms. The minimum Gasteiger partial charge on any atom is -0.491 e. The average Bonchev–Trinajstić information content (AvgIpc) is 2.93. The molecule has 2 heterocycles. The maximum Gasteiger partial charge on any atom is 0.185 e. The molecule has 0 bridgehead atoms. The summed E-state index contributed by atoms with van der Waals surface area (Å²) in [6.07, 6.45) is 19.0.